The quantitative estimate of drug-likeness (QED) is 0.837. The van der Waals surface area contributed by atoms with Crippen molar-refractivity contribution in [3.05, 3.63) is 35.9 Å². The molecule has 1 fully saturated rings. The molecule has 5 nitrogen and oxygen atoms in total. The summed E-state index contributed by atoms with van der Waals surface area (Å²) in [4.78, 5) is 11.3. The Bertz CT molecular complexity index is 568. The van der Waals surface area contributed by atoms with Crippen LogP contribution in [-0.4, -0.2) is 37.1 Å². The monoisotopic (exact) mass is 259 g/mol. The number of imidazole rings is 2. The van der Waals surface area contributed by atoms with Gasteiger partial charge in [-0.2, -0.15) is 0 Å². The summed E-state index contributed by atoms with van der Waals surface area (Å²) >= 11 is 0. The standard InChI is InChI=1S/C14H21N5/c1-11-7-17(2)14(16-11)12-4-5-19(8-12)9-13-6-15-10-18(13)3/h6-7,10,12H,4-5,8-9H2,1-3H3/t12-/m1/s1. The van der Waals surface area contributed by atoms with Crippen molar-refractivity contribution < 1.29 is 0 Å². The van der Waals surface area contributed by atoms with Crippen molar-refractivity contribution in [2.75, 3.05) is 13.1 Å². The third-order valence-corrected chi connectivity index (χ3v) is 3.97. The molecule has 0 unspecified atom stereocenters. The maximum atomic E-state index is 4.66. The van der Waals surface area contributed by atoms with Crippen molar-refractivity contribution in [2.24, 2.45) is 14.1 Å². The Kier molecular flexibility index (Phi) is 3.14. The highest BCUT2D eigenvalue weighted by Crippen LogP contribution is 2.27. The lowest BCUT2D eigenvalue weighted by Gasteiger charge is -2.16. The summed E-state index contributed by atoms with van der Waals surface area (Å²) in [5.74, 6) is 1.79. The molecule has 0 N–H and O–H groups in total. The number of rotatable bonds is 3. The molecule has 0 bridgehead atoms. The average molecular weight is 259 g/mol. The van der Waals surface area contributed by atoms with E-state index >= 15 is 0 Å². The summed E-state index contributed by atoms with van der Waals surface area (Å²) in [6.45, 7) is 5.28. The fraction of sp³-hybridized carbons (Fsp3) is 0.571. The van der Waals surface area contributed by atoms with Crippen molar-refractivity contribution in [3.8, 4) is 0 Å². The second-order valence-electron chi connectivity index (χ2n) is 5.57. The molecule has 19 heavy (non-hydrogen) atoms. The molecule has 0 saturated carbocycles. The van der Waals surface area contributed by atoms with Gasteiger partial charge in [-0.3, -0.25) is 4.90 Å². The largest absolute Gasteiger partial charge is 0.337 e. The lowest BCUT2D eigenvalue weighted by molar-refractivity contribution is 0.317. The maximum Gasteiger partial charge on any atom is 0.113 e. The van der Waals surface area contributed by atoms with Crippen LogP contribution in [-0.2, 0) is 20.6 Å². The van der Waals surface area contributed by atoms with Gasteiger partial charge in [-0.05, 0) is 19.9 Å². The molecule has 0 amide bonds. The van der Waals surface area contributed by atoms with E-state index in [9.17, 15) is 0 Å². The molecular weight excluding hydrogens is 238 g/mol. The van der Waals surface area contributed by atoms with Crippen molar-refractivity contribution in [3.63, 3.8) is 0 Å². The molecule has 0 radical (unpaired) electrons. The van der Waals surface area contributed by atoms with Crippen LogP contribution in [0.25, 0.3) is 0 Å². The molecule has 0 spiro atoms. The minimum Gasteiger partial charge on any atom is -0.337 e. The Morgan fingerprint density at radius 2 is 2.16 bits per heavy atom. The molecule has 2 aromatic rings. The van der Waals surface area contributed by atoms with Crippen LogP contribution in [0.3, 0.4) is 0 Å². The zero-order chi connectivity index (χ0) is 13.4. The van der Waals surface area contributed by atoms with Gasteiger partial charge >= 0.3 is 0 Å². The van der Waals surface area contributed by atoms with Gasteiger partial charge in [-0.15, -0.1) is 0 Å². The van der Waals surface area contributed by atoms with E-state index in [-0.39, 0.29) is 0 Å². The zero-order valence-electron chi connectivity index (χ0n) is 11.9. The summed E-state index contributed by atoms with van der Waals surface area (Å²) in [6, 6.07) is 0. The second-order valence-corrected chi connectivity index (χ2v) is 5.57. The first-order valence-corrected chi connectivity index (χ1v) is 6.81. The third kappa shape index (κ3) is 2.42. The van der Waals surface area contributed by atoms with Crippen molar-refractivity contribution in [2.45, 2.75) is 25.8 Å². The van der Waals surface area contributed by atoms with E-state index in [2.05, 4.69) is 51.2 Å². The fourth-order valence-corrected chi connectivity index (χ4v) is 2.97. The van der Waals surface area contributed by atoms with Gasteiger partial charge in [0, 0.05) is 45.5 Å². The molecule has 2 aromatic heterocycles. The Balaban J connectivity index is 1.67. The predicted octanol–water partition coefficient (Wildman–Crippen LogP) is 1.45. The van der Waals surface area contributed by atoms with Crippen molar-refractivity contribution in [1.29, 1.82) is 0 Å². The van der Waals surface area contributed by atoms with E-state index < -0.39 is 0 Å². The minimum absolute atomic E-state index is 0.562. The Morgan fingerprint density at radius 1 is 1.32 bits per heavy atom. The summed E-state index contributed by atoms with van der Waals surface area (Å²) in [5, 5.41) is 0. The van der Waals surface area contributed by atoms with Crippen LogP contribution >= 0.6 is 0 Å². The molecule has 0 aliphatic carbocycles. The van der Waals surface area contributed by atoms with E-state index in [1.54, 1.807) is 0 Å². The van der Waals surface area contributed by atoms with Crippen LogP contribution in [0.4, 0.5) is 0 Å². The summed E-state index contributed by atoms with van der Waals surface area (Å²) in [7, 11) is 4.15. The third-order valence-electron chi connectivity index (χ3n) is 3.97. The summed E-state index contributed by atoms with van der Waals surface area (Å²) < 4.78 is 4.27. The Morgan fingerprint density at radius 3 is 2.79 bits per heavy atom. The van der Waals surface area contributed by atoms with E-state index in [0.717, 1.165) is 25.3 Å². The number of hydrogen-bond donors (Lipinski definition) is 0. The van der Waals surface area contributed by atoms with Crippen LogP contribution in [0, 0.1) is 6.92 Å². The molecule has 0 aromatic carbocycles. The Labute approximate surface area is 113 Å². The van der Waals surface area contributed by atoms with Gasteiger partial charge < -0.3 is 9.13 Å². The molecule has 1 aliphatic heterocycles. The first-order chi connectivity index (χ1) is 9.13. The first-order valence-electron chi connectivity index (χ1n) is 6.81. The van der Waals surface area contributed by atoms with Crippen LogP contribution in [0.2, 0.25) is 0 Å². The van der Waals surface area contributed by atoms with Crippen molar-refractivity contribution in [1.82, 2.24) is 24.0 Å². The van der Waals surface area contributed by atoms with Crippen molar-refractivity contribution >= 4 is 0 Å². The number of nitrogens with zero attached hydrogens (tertiary/aromatic N) is 5. The Hall–Kier alpha value is -1.62. The highest BCUT2D eigenvalue weighted by molar-refractivity contribution is 5.09. The predicted molar refractivity (Wildman–Crippen MR) is 73.8 cm³/mol. The van der Waals surface area contributed by atoms with E-state index in [1.165, 1.54) is 17.9 Å². The minimum atomic E-state index is 0.562. The van der Waals surface area contributed by atoms with Gasteiger partial charge in [0.1, 0.15) is 5.82 Å². The fourth-order valence-electron chi connectivity index (χ4n) is 2.97. The van der Waals surface area contributed by atoms with Gasteiger partial charge in [-0.25, -0.2) is 9.97 Å². The maximum absolute atomic E-state index is 4.66. The van der Waals surface area contributed by atoms with Gasteiger partial charge in [0.2, 0.25) is 0 Å². The molecule has 1 atom stereocenters. The summed E-state index contributed by atoms with van der Waals surface area (Å²) in [6.07, 6.45) is 7.13. The molecule has 3 rings (SSSR count). The van der Waals surface area contributed by atoms with Crippen LogP contribution in [0.5, 0.6) is 0 Å². The normalized spacial score (nSPS) is 20.3. The molecule has 102 valence electrons. The zero-order valence-corrected chi connectivity index (χ0v) is 11.9. The number of hydrogen-bond acceptors (Lipinski definition) is 3. The molecule has 5 heteroatoms. The molecule has 3 heterocycles. The average Bonchev–Trinajstić information content (AvgIpc) is 3.03. The van der Waals surface area contributed by atoms with E-state index in [0.29, 0.717) is 5.92 Å². The lowest BCUT2D eigenvalue weighted by Crippen LogP contribution is -2.21. The van der Waals surface area contributed by atoms with Crippen LogP contribution < -0.4 is 0 Å². The van der Waals surface area contributed by atoms with Gasteiger partial charge in [0.15, 0.2) is 0 Å². The molecule has 1 aliphatic rings. The van der Waals surface area contributed by atoms with Gasteiger partial charge in [0.05, 0.1) is 17.7 Å². The smallest absolute Gasteiger partial charge is 0.113 e. The lowest BCUT2D eigenvalue weighted by atomic mass is 10.1. The first kappa shape index (κ1) is 12.4. The number of aromatic nitrogens is 4. The second kappa shape index (κ2) is 4.81. The summed E-state index contributed by atoms with van der Waals surface area (Å²) in [5.41, 5.74) is 2.39. The highest BCUT2D eigenvalue weighted by atomic mass is 15.2. The van der Waals surface area contributed by atoms with Crippen LogP contribution in [0.15, 0.2) is 18.7 Å². The van der Waals surface area contributed by atoms with E-state index in [4.69, 9.17) is 0 Å². The van der Waals surface area contributed by atoms with Crippen LogP contribution in [0.1, 0.15) is 29.6 Å². The highest BCUT2D eigenvalue weighted by Gasteiger charge is 2.27. The van der Waals surface area contributed by atoms with Gasteiger partial charge in [-0.1, -0.05) is 0 Å². The number of likely N-dealkylation sites (tertiary alicyclic amines) is 1. The molecule has 1 saturated heterocycles. The topological polar surface area (TPSA) is 38.9 Å². The molecular formula is C14H21N5. The van der Waals surface area contributed by atoms with Gasteiger partial charge in [0.25, 0.3) is 0 Å². The number of aryl methyl sites for hydroxylation is 3. The SMILES string of the molecule is Cc1cn(C)c([C@@H]2CCN(Cc3cncn3C)C2)n1. The van der Waals surface area contributed by atoms with E-state index in [1.807, 2.05) is 12.5 Å².